The molecular formula is C15H16BrClN2O3. The third kappa shape index (κ3) is 4.61. The van der Waals surface area contributed by atoms with Crippen molar-refractivity contribution in [2.75, 3.05) is 19.5 Å². The molecule has 0 aliphatic carbocycles. The van der Waals surface area contributed by atoms with E-state index in [4.69, 9.17) is 26.8 Å². The highest BCUT2D eigenvalue weighted by Crippen LogP contribution is 2.29. The molecular weight excluding hydrogens is 372 g/mol. The summed E-state index contributed by atoms with van der Waals surface area (Å²) in [5, 5.41) is 0.292. The van der Waals surface area contributed by atoms with Gasteiger partial charge >= 0.3 is 5.97 Å². The van der Waals surface area contributed by atoms with Gasteiger partial charge in [0.05, 0.1) is 17.8 Å². The monoisotopic (exact) mass is 386 g/mol. The van der Waals surface area contributed by atoms with Gasteiger partial charge in [0, 0.05) is 18.2 Å². The summed E-state index contributed by atoms with van der Waals surface area (Å²) in [4.78, 5) is 12.1. The fourth-order valence-corrected chi connectivity index (χ4v) is 1.97. The first-order chi connectivity index (χ1) is 10.1. The second-order valence-corrected chi connectivity index (χ2v) is 4.73. The molecule has 0 amide bonds. The van der Waals surface area contributed by atoms with E-state index in [1.807, 2.05) is 35.2 Å². The molecule has 0 spiro atoms. The molecule has 1 aromatic heterocycles. The number of hydrogen-bond acceptors (Lipinski definition) is 4. The van der Waals surface area contributed by atoms with Crippen LogP contribution in [0, 0.1) is 0 Å². The van der Waals surface area contributed by atoms with Gasteiger partial charge in [-0.15, -0.1) is 0 Å². The Labute approximate surface area is 144 Å². The van der Waals surface area contributed by atoms with Gasteiger partial charge in [-0.1, -0.05) is 17.7 Å². The third-order valence-corrected chi connectivity index (χ3v) is 3.23. The first-order valence-corrected chi connectivity index (χ1v) is 6.74. The van der Waals surface area contributed by atoms with Crippen molar-refractivity contribution in [2.24, 2.45) is 0 Å². The fourth-order valence-electron chi connectivity index (χ4n) is 1.80. The molecule has 0 fully saturated rings. The number of rotatable bonds is 5. The van der Waals surface area contributed by atoms with Crippen molar-refractivity contribution in [1.82, 2.24) is 0 Å². The first-order valence-electron chi connectivity index (χ1n) is 6.36. The van der Waals surface area contributed by atoms with Gasteiger partial charge in [0.2, 0.25) is 0 Å². The lowest BCUT2D eigenvalue weighted by Gasteiger charge is -2.10. The Kier molecular flexibility index (Phi) is 7.14. The highest BCUT2D eigenvalue weighted by atomic mass is 79.9. The lowest BCUT2D eigenvalue weighted by Crippen LogP contribution is -3.00. The minimum atomic E-state index is -0.495. The van der Waals surface area contributed by atoms with Crippen LogP contribution in [0.2, 0.25) is 5.02 Å². The van der Waals surface area contributed by atoms with Crippen LogP contribution in [0.15, 0.2) is 42.7 Å². The molecule has 0 saturated carbocycles. The number of nitrogens with two attached hydrogens (primary N) is 1. The number of aromatic nitrogens is 1. The van der Waals surface area contributed by atoms with Gasteiger partial charge in [-0.3, -0.25) is 0 Å². The molecule has 0 aliphatic rings. The summed E-state index contributed by atoms with van der Waals surface area (Å²) in [6.07, 6.45) is 3.79. The number of carbonyl (C=O) groups is 1. The van der Waals surface area contributed by atoms with E-state index in [9.17, 15) is 4.79 Å². The van der Waals surface area contributed by atoms with Crippen molar-refractivity contribution in [3.8, 4) is 5.75 Å². The van der Waals surface area contributed by atoms with Gasteiger partial charge in [-0.25, -0.2) is 9.36 Å². The SMILES string of the molecule is COc1cc(N)c(Cl)cc1C(=O)OCC[n+]1ccccc1.[Br-]. The highest BCUT2D eigenvalue weighted by molar-refractivity contribution is 6.33. The summed E-state index contributed by atoms with van der Waals surface area (Å²) in [6.45, 7) is 0.816. The summed E-state index contributed by atoms with van der Waals surface area (Å²) in [5.74, 6) is -0.153. The molecule has 1 aromatic carbocycles. The number of anilines is 1. The number of nitrogens with zero attached hydrogens (tertiary/aromatic N) is 1. The highest BCUT2D eigenvalue weighted by Gasteiger charge is 2.16. The van der Waals surface area contributed by atoms with E-state index in [2.05, 4.69) is 0 Å². The predicted octanol–water partition coefficient (Wildman–Crippen LogP) is -0.921. The summed E-state index contributed by atoms with van der Waals surface area (Å²) in [5.41, 5.74) is 6.28. The number of pyridine rings is 1. The van der Waals surface area contributed by atoms with E-state index < -0.39 is 5.97 Å². The molecule has 2 rings (SSSR count). The number of benzene rings is 1. The molecule has 2 N–H and O–H groups in total. The molecule has 0 saturated heterocycles. The Balaban J connectivity index is 0.00000242. The number of ether oxygens (including phenoxy) is 2. The van der Waals surface area contributed by atoms with E-state index in [1.54, 1.807) is 0 Å². The molecule has 118 valence electrons. The Morgan fingerprint density at radius 2 is 1.95 bits per heavy atom. The van der Waals surface area contributed by atoms with E-state index in [-0.39, 0.29) is 29.2 Å². The first kappa shape index (κ1) is 18.3. The van der Waals surface area contributed by atoms with E-state index in [0.29, 0.717) is 23.0 Å². The quantitative estimate of drug-likeness (QED) is 0.409. The molecule has 1 heterocycles. The number of hydrogen-bond donors (Lipinski definition) is 1. The van der Waals surface area contributed by atoms with Crippen LogP contribution in [0.25, 0.3) is 0 Å². The number of halogens is 2. The predicted molar refractivity (Wildman–Crippen MR) is 79.3 cm³/mol. The minimum Gasteiger partial charge on any atom is -1.00 e. The normalized spacial score (nSPS) is 9.73. The fraction of sp³-hybridized carbons (Fsp3) is 0.200. The lowest BCUT2D eigenvalue weighted by atomic mass is 10.2. The zero-order valence-electron chi connectivity index (χ0n) is 12.0. The van der Waals surface area contributed by atoms with Crippen molar-refractivity contribution in [3.63, 3.8) is 0 Å². The average Bonchev–Trinajstić information content (AvgIpc) is 2.50. The topological polar surface area (TPSA) is 65.4 Å². The van der Waals surface area contributed by atoms with Crippen LogP contribution in [0.4, 0.5) is 5.69 Å². The third-order valence-electron chi connectivity index (χ3n) is 2.90. The van der Waals surface area contributed by atoms with Gasteiger partial charge < -0.3 is 32.2 Å². The molecule has 0 atom stereocenters. The van der Waals surface area contributed by atoms with Crippen molar-refractivity contribution in [2.45, 2.75) is 6.54 Å². The molecule has 0 aliphatic heterocycles. The van der Waals surface area contributed by atoms with E-state index in [0.717, 1.165) is 0 Å². The van der Waals surface area contributed by atoms with Gasteiger partial charge in [-0.2, -0.15) is 0 Å². The van der Waals surface area contributed by atoms with Crippen molar-refractivity contribution in [3.05, 3.63) is 53.3 Å². The molecule has 5 nitrogen and oxygen atoms in total. The van der Waals surface area contributed by atoms with Crippen LogP contribution in [0.1, 0.15) is 10.4 Å². The van der Waals surface area contributed by atoms with Gasteiger partial charge in [0.15, 0.2) is 25.5 Å². The summed E-state index contributed by atoms with van der Waals surface area (Å²) in [7, 11) is 1.46. The van der Waals surface area contributed by atoms with Crippen molar-refractivity contribution < 1.29 is 35.8 Å². The Hall–Kier alpha value is -1.79. The maximum absolute atomic E-state index is 12.1. The minimum absolute atomic E-state index is 0. The number of methoxy groups -OCH3 is 1. The summed E-state index contributed by atoms with van der Waals surface area (Å²) < 4.78 is 12.3. The maximum atomic E-state index is 12.1. The van der Waals surface area contributed by atoms with Crippen molar-refractivity contribution in [1.29, 1.82) is 0 Å². The van der Waals surface area contributed by atoms with E-state index in [1.165, 1.54) is 19.2 Å². The Morgan fingerprint density at radius 1 is 1.27 bits per heavy atom. The van der Waals surface area contributed by atoms with Crippen LogP contribution >= 0.6 is 11.6 Å². The van der Waals surface area contributed by atoms with Gasteiger partial charge in [0.25, 0.3) is 0 Å². The molecule has 2 aromatic rings. The van der Waals surface area contributed by atoms with Gasteiger partial charge in [0.1, 0.15) is 11.3 Å². The summed E-state index contributed by atoms with van der Waals surface area (Å²) >= 11 is 5.92. The number of esters is 1. The van der Waals surface area contributed by atoms with Crippen LogP contribution in [-0.2, 0) is 11.3 Å². The average molecular weight is 388 g/mol. The van der Waals surface area contributed by atoms with E-state index >= 15 is 0 Å². The van der Waals surface area contributed by atoms with Crippen LogP contribution in [-0.4, -0.2) is 19.7 Å². The molecule has 7 heteroatoms. The van der Waals surface area contributed by atoms with Crippen molar-refractivity contribution >= 4 is 23.3 Å². The van der Waals surface area contributed by atoms with Crippen LogP contribution < -0.4 is 32.0 Å². The largest absolute Gasteiger partial charge is 1.00 e. The second-order valence-electron chi connectivity index (χ2n) is 4.32. The number of carbonyl (C=O) groups excluding carboxylic acids is 1. The smallest absolute Gasteiger partial charge is 0.342 e. The lowest BCUT2D eigenvalue weighted by molar-refractivity contribution is -0.697. The molecule has 0 bridgehead atoms. The second kappa shape index (κ2) is 8.60. The Morgan fingerprint density at radius 3 is 2.59 bits per heavy atom. The Bertz CT molecular complexity index is 638. The van der Waals surface area contributed by atoms with Crippen LogP contribution in [0.3, 0.4) is 0 Å². The zero-order chi connectivity index (χ0) is 15.2. The molecule has 22 heavy (non-hydrogen) atoms. The summed E-state index contributed by atoms with van der Waals surface area (Å²) in [6, 6.07) is 8.69. The molecule has 0 radical (unpaired) electrons. The standard InChI is InChI=1S/C15H15ClN2O3.BrH/c1-20-14-10-13(17)12(16)9-11(14)15(19)21-8-7-18-5-3-2-4-6-18;/h2-6,9-10H,7-8H2,1H3,(H-,17,19);1H. The zero-order valence-corrected chi connectivity index (χ0v) is 14.3. The van der Waals surface area contributed by atoms with Gasteiger partial charge in [-0.05, 0) is 6.07 Å². The maximum Gasteiger partial charge on any atom is 0.342 e. The number of nitrogen functional groups attached to an aromatic ring is 1. The molecule has 0 unspecified atom stereocenters. The van der Waals surface area contributed by atoms with Crippen LogP contribution in [0.5, 0.6) is 5.75 Å².